The molecule has 0 heterocycles. The highest BCUT2D eigenvalue weighted by molar-refractivity contribution is 5.95. The van der Waals surface area contributed by atoms with E-state index in [-0.39, 0.29) is 18.1 Å². The second kappa shape index (κ2) is 14.8. The molecule has 0 aliphatic rings. The number of aromatic hydroxyl groups is 1. The van der Waals surface area contributed by atoms with E-state index in [9.17, 15) is 39.3 Å². The summed E-state index contributed by atoms with van der Waals surface area (Å²) in [5.41, 5.74) is 6.58. The maximum absolute atomic E-state index is 13.0. The van der Waals surface area contributed by atoms with E-state index in [0.717, 1.165) is 0 Å². The number of benzene rings is 1. The lowest BCUT2D eigenvalue weighted by molar-refractivity contribution is -0.144. The zero-order chi connectivity index (χ0) is 28.3. The van der Waals surface area contributed by atoms with Crippen LogP contribution in [-0.4, -0.2) is 69.1 Å². The van der Waals surface area contributed by atoms with E-state index in [1.54, 1.807) is 39.8 Å². The van der Waals surface area contributed by atoms with E-state index < -0.39 is 66.2 Å². The smallest absolute Gasteiger partial charge is 0.326 e. The fourth-order valence-electron chi connectivity index (χ4n) is 3.52. The van der Waals surface area contributed by atoms with E-state index in [2.05, 4.69) is 16.0 Å². The van der Waals surface area contributed by atoms with E-state index in [4.69, 9.17) is 5.73 Å². The summed E-state index contributed by atoms with van der Waals surface area (Å²) in [5.74, 6) is -5.74. The molecule has 0 aliphatic carbocycles. The minimum Gasteiger partial charge on any atom is -0.508 e. The van der Waals surface area contributed by atoms with Crippen LogP contribution in [0.2, 0.25) is 0 Å². The molecule has 0 aliphatic heterocycles. The fraction of sp³-hybridized carbons (Fsp3) is 0.560. The van der Waals surface area contributed by atoms with Crippen molar-refractivity contribution in [2.75, 3.05) is 0 Å². The van der Waals surface area contributed by atoms with Crippen LogP contribution >= 0.6 is 0 Å². The lowest BCUT2D eigenvalue weighted by Gasteiger charge is -2.29. The first kappa shape index (κ1) is 31.4. The number of amides is 3. The highest BCUT2D eigenvalue weighted by Crippen LogP contribution is 2.13. The Labute approximate surface area is 216 Å². The Bertz CT molecular complexity index is 953. The molecule has 0 spiro atoms. The summed E-state index contributed by atoms with van der Waals surface area (Å²) in [6.07, 6.45) is 0.252. The summed E-state index contributed by atoms with van der Waals surface area (Å²) in [6, 6.07) is 1.02. The quantitative estimate of drug-likeness (QED) is 0.169. The third-order valence-corrected chi connectivity index (χ3v) is 6.31. The number of phenolic OH excluding ortho intramolecular Hbond substituents is 1. The molecule has 1 rings (SSSR count). The Morgan fingerprint density at radius 2 is 1.32 bits per heavy atom. The second-order valence-electron chi connectivity index (χ2n) is 9.22. The molecule has 8 N–H and O–H groups in total. The van der Waals surface area contributed by atoms with E-state index in [1.807, 2.05) is 0 Å². The minimum atomic E-state index is -1.53. The first-order chi connectivity index (χ1) is 17.3. The minimum absolute atomic E-state index is 0.0405. The van der Waals surface area contributed by atoms with Gasteiger partial charge in [0, 0.05) is 0 Å². The average molecular weight is 523 g/mol. The van der Waals surface area contributed by atoms with Crippen molar-refractivity contribution in [2.45, 2.75) is 77.5 Å². The van der Waals surface area contributed by atoms with Crippen molar-refractivity contribution in [1.82, 2.24) is 16.0 Å². The van der Waals surface area contributed by atoms with Gasteiger partial charge in [-0.2, -0.15) is 0 Å². The summed E-state index contributed by atoms with van der Waals surface area (Å²) in [4.78, 5) is 61.7. The molecule has 3 amide bonds. The second-order valence-corrected chi connectivity index (χ2v) is 9.22. The molecular formula is C25H38N4O8. The number of nitrogens with one attached hydrogen (secondary N) is 3. The fourth-order valence-corrected chi connectivity index (χ4v) is 3.52. The Morgan fingerprint density at radius 3 is 1.81 bits per heavy atom. The number of rotatable bonds is 15. The molecule has 6 atom stereocenters. The third kappa shape index (κ3) is 10.1. The number of nitrogens with two attached hydrogens (primary N) is 1. The summed E-state index contributed by atoms with van der Waals surface area (Å²) >= 11 is 0. The maximum Gasteiger partial charge on any atom is 0.326 e. The number of hydrogen-bond acceptors (Lipinski definition) is 7. The van der Waals surface area contributed by atoms with Crippen LogP contribution in [0.4, 0.5) is 0 Å². The summed E-state index contributed by atoms with van der Waals surface area (Å²) in [7, 11) is 0. The number of carbonyl (C=O) groups is 5. The topological polar surface area (TPSA) is 208 Å². The van der Waals surface area contributed by atoms with Gasteiger partial charge >= 0.3 is 11.9 Å². The van der Waals surface area contributed by atoms with Crippen LogP contribution in [0.5, 0.6) is 5.75 Å². The highest BCUT2D eigenvalue weighted by atomic mass is 16.4. The van der Waals surface area contributed by atoms with Gasteiger partial charge in [0.1, 0.15) is 23.9 Å². The number of hydrogen-bond donors (Lipinski definition) is 7. The number of phenols is 1. The number of carboxylic acid groups (broad SMARTS) is 2. The molecule has 12 heteroatoms. The van der Waals surface area contributed by atoms with Crippen LogP contribution in [0, 0.1) is 11.8 Å². The first-order valence-corrected chi connectivity index (χ1v) is 12.2. The average Bonchev–Trinajstić information content (AvgIpc) is 2.84. The van der Waals surface area contributed by atoms with Gasteiger partial charge in [0.25, 0.3) is 0 Å². The van der Waals surface area contributed by atoms with Gasteiger partial charge in [-0.3, -0.25) is 19.2 Å². The predicted molar refractivity (Wildman–Crippen MR) is 134 cm³/mol. The molecule has 1 aromatic rings. The molecule has 0 aromatic heterocycles. The molecule has 0 fully saturated rings. The number of aliphatic carboxylic acids is 2. The number of carboxylic acids is 2. The van der Waals surface area contributed by atoms with E-state index in [1.165, 1.54) is 12.1 Å². The van der Waals surface area contributed by atoms with Gasteiger partial charge in [0.05, 0.1) is 12.5 Å². The normalized spacial score (nSPS) is 15.8. The van der Waals surface area contributed by atoms with Gasteiger partial charge in [-0.05, 0) is 36.0 Å². The predicted octanol–water partition coefficient (Wildman–Crippen LogP) is 0.368. The van der Waals surface area contributed by atoms with Crippen molar-refractivity contribution in [3.8, 4) is 5.75 Å². The van der Waals surface area contributed by atoms with Crippen molar-refractivity contribution >= 4 is 29.7 Å². The molecule has 0 bridgehead atoms. The van der Waals surface area contributed by atoms with Crippen LogP contribution in [0.1, 0.15) is 52.5 Å². The SMILES string of the molecule is CCC(C)C(NC(=O)C(NC(=O)C(CC(=O)O)NC(=O)C(N)Cc1ccc(O)cc1)C(C)CC)C(=O)O. The van der Waals surface area contributed by atoms with Gasteiger partial charge in [-0.15, -0.1) is 0 Å². The zero-order valence-electron chi connectivity index (χ0n) is 21.6. The van der Waals surface area contributed by atoms with Crippen LogP contribution in [-0.2, 0) is 30.4 Å². The first-order valence-electron chi connectivity index (χ1n) is 12.2. The molecule has 206 valence electrons. The van der Waals surface area contributed by atoms with Gasteiger partial charge < -0.3 is 37.0 Å². The van der Waals surface area contributed by atoms with Crippen molar-refractivity contribution < 1.29 is 39.3 Å². The van der Waals surface area contributed by atoms with E-state index in [0.29, 0.717) is 18.4 Å². The lowest BCUT2D eigenvalue weighted by Crippen LogP contribution is -2.59. The van der Waals surface area contributed by atoms with Gasteiger partial charge in [0.15, 0.2) is 0 Å². The van der Waals surface area contributed by atoms with Crippen LogP contribution < -0.4 is 21.7 Å². The van der Waals surface area contributed by atoms with E-state index >= 15 is 0 Å². The summed E-state index contributed by atoms with van der Waals surface area (Å²) in [6.45, 7) is 6.92. The Kier molecular flexibility index (Phi) is 12.5. The van der Waals surface area contributed by atoms with Crippen molar-refractivity contribution in [2.24, 2.45) is 17.6 Å². The summed E-state index contributed by atoms with van der Waals surface area (Å²) in [5, 5.41) is 35.4. The van der Waals surface area contributed by atoms with Crippen molar-refractivity contribution in [3.63, 3.8) is 0 Å². The molecule has 0 radical (unpaired) electrons. The van der Waals surface area contributed by atoms with Gasteiger partial charge in [0.2, 0.25) is 17.7 Å². The lowest BCUT2D eigenvalue weighted by atomic mass is 9.95. The van der Waals surface area contributed by atoms with Crippen molar-refractivity contribution in [1.29, 1.82) is 0 Å². The largest absolute Gasteiger partial charge is 0.508 e. The molecular weight excluding hydrogens is 484 g/mol. The molecule has 6 unspecified atom stereocenters. The van der Waals surface area contributed by atoms with Crippen LogP contribution in [0.3, 0.4) is 0 Å². The highest BCUT2D eigenvalue weighted by Gasteiger charge is 2.34. The standard InChI is InChI=1S/C25H38N4O8/c1-5-13(3)20(24(35)29-21(25(36)37)14(4)6-2)28-23(34)18(12-19(31)32)27-22(33)17(26)11-15-7-9-16(30)10-8-15/h7-10,13-14,17-18,20-21,30H,5-6,11-12,26H2,1-4H3,(H,27,33)(H,28,34)(H,29,35)(H,31,32)(H,36,37). The van der Waals surface area contributed by atoms with Crippen molar-refractivity contribution in [3.05, 3.63) is 29.8 Å². The van der Waals surface area contributed by atoms with Crippen LogP contribution in [0.25, 0.3) is 0 Å². The molecule has 1 aromatic carbocycles. The summed E-state index contributed by atoms with van der Waals surface area (Å²) < 4.78 is 0. The molecule has 37 heavy (non-hydrogen) atoms. The van der Waals surface area contributed by atoms with Gasteiger partial charge in [-0.1, -0.05) is 52.7 Å². The Morgan fingerprint density at radius 1 is 0.811 bits per heavy atom. The Hall–Kier alpha value is -3.67. The molecule has 12 nitrogen and oxygen atoms in total. The zero-order valence-corrected chi connectivity index (χ0v) is 21.6. The monoisotopic (exact) mass is 522 g/mol. The third-order valence-electron chi connectivity index (χ3n) is 6.31. The number of carbonyl (C=O) groups excluding carboxylic acids is 3. The Balaban J connectivity index is 3.02. The molecule has 0 saturated heterocycles. The molecule has 0 saturated carbocycles. The van der Waals surface area contributed by atoms with Gasteiger partial charge in [-0.25, -0.2) is 4.79 Å². The van der Waals surface area contributed by atoms with Crippen LogP contribution in [0.15, 0.2) is 24.3 Å². The maximum atomic E-state index is 13.0.